The molecule has 2 unspecified atom stereocenters. The fraction of sp³-hybridized carbons (Fsp3) is 0.875. The van der Waals surface area contributed by atoms with Crippen LogP contribution in [0.5, 0.6) is 0 Å². The molecular weight excluding hydrogens is 301 g/mol. The molecule has 2 atom stereocenters. The Morgan fingerprint density at radius 3 is 2.57 bits per heavy atom. The van der Waals surface area contributed by atoms with Crippen molar-refractivity contribution in [3.05, 3.63) is 10.1 Å². The quantitative estimate of drug-likeness (QED) is 0.336. The maximum Gasteiger partial charge on any atom is 0.303 e. The van der Waals surface area contributed by atoms with Crippen LogP contribution < -0.4 is 0 Å². The van der Waals surface area contributed by atoms with Crippen molar-refractivity contribution in [1.29, 1.82) is 0 Å². The number of alkyl halides is 1. The number of hydrogen-bond donors (Lipinski definition) is 1. The zero-order valence-corrected chi connectivity index (χ0v) is 10.1. The van der Waals surface area contributed by atoms with Crippen molar-refractivity contribution in [2.24, 2.45) is 11.8 Å². The van der Waals surface area contributed by atoms with Gasteiger partial charge in [-0.2, -0.15) is 0 Å². The molecule has 0 heterocycles. The van der Waals surface area contributed by atoms with Crippen LogP contribution >= 0.6 is 22.6 Å². The second-order valence-corrected chi connectivity index (χ2v) is 4.36. The Balaban J connectivity index is 4.09. The first-order valence-corrected chi connectivity index (χ1v) is 5.87. The van der Waals surface area contributed by atoms with Gasteiger partial charge >= 0.3 is 5.97 Å². The smallest absolute Gasteiger partial charge is 0.303 e. The lowest BCUT2D eigenvalue weighted by Crippen LogP contribution is -2.20. The van der Waals surface area contributed by atoms with Crippen molar-refractivity contribution in [2.75, 3.05) is 11.0 Å². The van der Waals surface area contributed by atoms with Crippen molar-refractivity contribution in [3.63, 3.8) is 0 Å². The maximum atomic E-state index is 10.4. The van der Waals surface area contributed by atoms with Gasteiger partial charge in [0.15, 0.2) is 0 Å². The average Bonchev–Trinajstić information content (AvgIpc) is 2.01. The van der Waals surface area contributed by atoms with Gasteiger partial charge in [0.2, 0.25) is 6.54 Å². The molecule has 0 amide bonds. The van der Waals surface area contributed by atoms with E-state index >= 15 is 0 Å². The van der Waals surface area contributed by atoms with Gasteiger partial charge in [0, 0.05) is 15.3 Å². The third-order valence-electron chi connectivity index (χ3n) is 1.87. The number of carbonyl (C=O) groups is 1. The van der Waals surface area contributed by atoms with Gasteiger partial charge in [-0.05, 0) is 12.3 Å². The summed E-state index contributed by atoms with van der Waals surface area (Å²) in [5.41, 5.74) is 0. The lowest BCUT2D eigenvalue weighted by Gasteiger charge is -2.13. The maximum absolute atomic E-state index is 10.4. The van der Waals surface area contributed by atoms with Gasteiger partial charge in [0.25, 0.3) is 0 Å². The fourth-order valence-corrected chi connectivity index (χ4v) is 1.67. The molecular formula is C8H14INO4. The van der Waals surface area contributed by atoms with Crippen LogP contribution in [0.25, 0.3) is 0 Å². The lowest BCUT2D eigenvalue weighted by molar-refractivity contribution is -0.488. The normalized spacial score (nSPS) is 14.7. The zero-order valence-electron chi connectivity index (χ0n) is 7.98. The number of rotatable bonds is 7. The van der Waals surface area contributed by atoms with Crippen LogP contribution in [0.1, 0.15) is 19.8 Å². The van der Waals surface area contributed by atoms with Gasteiger partial charge < -0.3 is 5.11 Å². The number of nitro groups is 1. The van der Waals surface area contributed by atoms with Crippen molar-refractivity contribution in [2.45, 2.75) is 19.8 Å². The third kappa shape index (κ3) is 7.05. The summed E-state index contributed by atoms with van der Waals surface area (Å²) in [7, 11) is 0. The van der Waals surface area contributed by atoms with Crippen LogP contribution in [-0.2, 0) is 4.79 Å². The van der Waals surface area contributed by atoms with Crippen LogP contribution in [0.3, 0.4) is 0 Å². The molecule has 0 bridgehead atoms. The first-order chi connectivity index (χ1) is 6.45. The summed E-state index contributed by atoms with van der Waals surface area (Å²) in [6.07, 6.45) is 0.498. The van der Waals surface area contributed by atoms with Crippen molar-refractivity contribution in [3.8, 4) is 0 Å². The standard InChI is InChI=1S/C8H14INO4/c1-6(4-9)2-7(3-8(11)12)5-10(13)14/h6-7H,2-5H2,1H3,(H,11,12). The Morgan fingerprint density at radius 1 is 1.64 bits per heavy atom. The molecule has 0 spiro atoms. The average molecular weight is 315 g/mol. The van der Waals surface area contributed by atoms with Crippen LogP contribution in [0, 0.1) is 22.0 Å². The molecule has 0 saturated heterocycles. The van der Waals surface area contributed by atoms with E-state index in [2.05, 4.69) is 22.6 Å². The molecule has 6 heteroatoms. The second kappa shape index (κ2) is 6.97. The molecule has 0 aliphatic carbocycles. The highest BCUT2D eigenvalue weighted by Crippen LogP contribution is 2.17. The van der Waals surface area contributed by atoms with Crippen LogP contribution in [-0.4, -0.2) is 27.0 Å². The summed E-state index contributed by atoms with van der Waals surface area (Å²) in [5.74, 6) is -0.968. The number of carboxylic acid groups (broad SMARTS) is 1. The minimum Gasteiger partial charge on any atom is -0.481 e. The summed E-state index contributed by atoms with van der Waals surface area (Å²) in [4.78, 5) is 20.3. The molecule has 0 saturated carbocycles. The second-order valence-electron chi connectivity index (χ2n) is 3.47. The Kier molecular flexibility index (Phi) is 6.77. The molecule has 0 radical (unpaired) electrons. The van der Waals surface area contributed by atoms with E-state index in [4.69, 9.17) is 5.11 Å². The van der Waals surface area contributed by atoms with Crippen molar-refractivity contribution < 1.29 is 14.8 Å². The number of carboxylic acids is 1. The van der Waals surface area contributed by atoms with E-state index in [-0.39, 0.29) is 18.9 Å². The predicted molar refractivity (Wildman–Crippen MR) is 60.3 cm³/mol. The molecule has 1 N–H and O–H groups in total. The summed E-state index contributed by atoms with van der Waals surface area (Å²) < 4.78 is 0.894. The summed E-state index contributed by atoms with van der Waals surface area (Å²) in [6.45, 7) is 1.73. The predicted octanol–water partition coefficient (Wildman–Crippen LogP) is 1.82. The lowest BCUT2D eigenvalue weighted by atomic mass is 9.94. The van der Waals surface area contributed by atoms with E-state index < -0.39 is 10.9 Å². The number of aliphatic carboxylic acids is 1. The fourth-order valence-electron chi connectivity index (χ4n) is 1.31. The Hall–Kier alpha value is -0.400. The topological polar surface area (TPSA) is 80.4 Å². The van der Waals surface area contributed by atoms with Gasteiger partial charge in [-0.15, -0.1) is 0 Å². The van der Waals surface area contributed by atoms with Crippen LogP contribution in [0.4, 0.5) is 0 Å². The Labute approximate surface area is 96.2 Å². The van der Waals surface area contributed by atoms with Gasteiger partial charge in [-0.3, -0.25) is 14.9 Å². The van der Waals surface area contributed by atoms with Crippen molar-refractivity contribution in [1.82, 2.24) is 0 Å². The molecule has 0 aliphatic heterocycles. The summed E-state index contributed by atoms with van der Waals surface area (Å²) in [6, 6.07) is 0. The largest absolute Gasteiger partial charge is 0.481 e. The molecule has 0 aromatic heterocycles. The number of halogens is 1. The molecule has 0 aromatic carbocycles. The van der Waals surface area contributed by atoms with E-state index in [1.807, 2.05) is 6.92 Å². The van der Waals surface area contributed by atoms with E-state index in [9.17, 15) is 14.9 Å². The molecule has 0 aromatic rings. The van der Waals surface area contributed by atoms with Gasteiger partial charge in [0.1, 0.15) is 0 Å². The van der Waals surface area contributed by atoms with Gasteiger partial charge in [0.05, 0.1) is 6.42 Å². The highest BCUT2D eigenvalue weighted by molar-refractivity contribution is 14.1. The van der Waals surface area contributed by atoms with Crippen LogP contribution in [0.2, 0.25) is 0 Å². The SMILES string of the molecule is CC(CI)CC(CC(=O)O)C[N+](=O)[O-]. The summed E-state index contributed by atoms with van der Waals surface area (Å²) in [5, 5.41) is 18.8. The van der Waals surface area contributed by atoms with Gasteiger partial charge in [-0.1, -0.05) is 29.5 Å². The van der Waals surface area contributed by atoms with E-state index in [0.29, 0.717) is 12.3 Å². The molecule has 0 rings (SSSR count). The third-order valence-corrected chi connectivity index (χ3v) is 3.37. The molecule has 5 nitrogen and oxygen atoms in total. The molecule has 82 valence electrons. The minimum atomic E-state index is -0.961. The Morgan fingerprint density at radius 2 is 2.21 bits per heavy atom. The van der Waals surface area contributed by atoms with E-state index in [1.165, 1.54) is 0 Å². The van der Waals surface area contributed by atoms with E-state index in [0.717, 1.165) is 4.43 Å². The zero-order chi connectivity index (χ0) is 11.1. The van der Waals surface area contributed by atoms with Gasteiger partial charge in [-0.25, -0.2) is 0 Å². The Bertz CT molecular complexity index is 194. The number of nitrogens with zero attached hydrogens (tertiary/aromatic N) is 1. The van der Waals surface area contributed by atoms with E-state index in [1.54, 1.807) is 0 Å². The minimum absolute atomic E-state index is 0.109. The first-order valence-electron chi connectivity index (χ1n) is 4.35. The molecule has 14 heavy (non-hydrogen) atoms. The first kappa shape index (κ1) is 13.6. The van der Waals surface area contributed by atoms with Crippen LogP contribution in [0.15, 0.2) is 0 Å². The molecule has 0 aliphatic rings. The highest BCUT2D eigenvalue weighted by Gasteiger charge is 2.21. The summed E-state index contributed by atoms with van der Waals surface area (Å²) >= 11 is 2.20. The monoisotopic (exact) mass is 315 g/mol. The number of hydrogen-bond acceptors (Lipinski definition) is 3. The molecule has 0 fully saturated rings. The van der Waals surface area contributed by atoms with Crippen molar-refractivity contribution >= 4 is 28.6 Å². The highest BCUT2D eigenvalue weighted by atomic mass is 127.